The van der Waals surface area contributed by atoms with Gasteiger partial charge in [0.05, 0.1) is 0 Å². The van der Waals surface area contributed by atoms with Crippen LogP contribution in [-0.4, -0.2) is 24.8 Å². The smallest absolute Gasteiger partial charge is 0.220 e. The standard InChI is InChI=1S/C17H21NO2S/c1-3-5-17(19)18-11-13-9-14-10-15(21-8-4-2)6-7-16(14)20-12-13/h4,6-7,9-10H,2-3,5,8,11-12H2,1H3,(H,18,19). The fourth-order valence-electron chi connectivity index (χ4n) is 2.08. The summed E-state index contributed by atoms with van der Waals surface area (Å²) in [5.41, 5.74) is 2.17. The Balaban J connectivity index is 2.02. The van der Waals surface area contributed by atoms with Gasteiger partial charge in [0.15, 0.2) is 0 Å². The summed E-state index contributed by atoms with van der Waals surface area (Å²) in [7, 11) is 0. The van der Waals surface area contributed by atoms with Crippen LogP contribution in [0.25, 0.3) is 6.08 Å². The van der Waals surface area contributed by atoms with Crippen LogP contribution in [0.1, 0.15) is 25.3 Å². The molecule has 0 saturated heterocycles. The molecule has 1 amide bonds. The molecule has 112 valence electrons. The van der Waals surface area contributed by atoms with E-state index in [2.05, 4.69) is 30.1 Å². The van der Waals surface area contributed by atoms with Crippen LogP contribution in [0.5, 0.6) is 5.75 Å². The zero-order chi connectivity index (χ0) is 15.1. The summed E-state index contributed by atoms with van der Waals surface area (Å²) >= 11 is 1.75. The maximum absolute atomic E-state index is 11.5. The van der Waals surface area contributed by atoms with Gasteiger partial charge < -0.3 is 10.1 Å². The number of nitrogens with one attached hydrogen (secondary N) is 1. The van der Waals surface area contributed by atoms with Crippen molar-refractivity contribution in [2.24, 2.45) is 0 Å². The lowest BCUT2D eigenvalue weighted by atomic mass is 10.1. The Hall–Kier alpha value is -1.68. The first-order valence-corrected chi connectivity index (χ1v) is 8.18. The molecule has 1 aromatic carbocycles. The van der Waals surface area contributed by atoms with Gasteiger partial charge in [-0.05, 0) is 36.3 Å². The van der Waals surface area contributed by atoms with Gasteiger partial charge in [-0.3, -0.25) is 4.79 Å². The van der Waals surface area contributed by atoms with Crippen LogP contribution >= 0.6 is 11.8 Å². The van der Waals surface area contributed by atoms with Crippen molar-refractivity contribution in [1.82, 2.24) is 5.32 Å². The normalized spacial score (nSPS) is 12.9. The molecule has 2 rings (SSSR count). The Morgan fingerprint density at radius 2 is 2.38 bits per heavy atom. The van der Waals surface area contributed by atoms with Gasteiger partial charge in [0.2, 0.25) is 5.91 Å². The van der Waals surface area contributed by atoms with Crippen molar-refractivity contribution in [3.05, 3.63) is 42.0 Å². The molecule has 0 fully saturated rings. The maximum Gasteiger partial charge on any atom is 0.220 e. The first kappa shape index (κ1) is 15.7. The van der Waals surface area contributed by atoms with E-state index in [9.17, 15) is 4.79 Å². The largest absolute Gasteiger partial charge is 0.489 e. The second-order valence-electron chi connectivity index (χ2n) is 4.92. The van der Waals surface area contributed by atoms with Gasteiger partial charge in [-0.25, -0.2) is 0 Å². The number of carbonyl (C=O) groups is 1. The summed E-state index contributed by atoms with van der Waals surface area (Å²) in [5.74, 6) is 1.89. The third kappa shape index (κ3) is 4.67. The fourth-order valence-corrected chi connectivity index (χ4v) is 2.76. The van der Waals surface area contributed by atoms with E-state index in [-0.39, 0.29) is 5.91 Å². The second kappa shape index (κ2) is 7.93. The van der Waals surface area contributed by atoms with E-state index in [0.717, 1.165) is 29.1 Å². The minimum atomic E-state index is 0.0967. The average molecular weight is 303 g/mol. The Morgan fingerprint density at radius 3 is 3.14 bits per heavy atom. The minimum absolute atomic E-state index is 0.0967. The predicted molar refractivity (Wildman–Crippen MR) is 88.8 cm³/mol. The van der Waals surface area contributed by atoms with Gasteiger partial charge in [0.1, 0.15) is 12.4 Å². The van der Waals surface area contributed by atoms with Gasteiger partial charge >= 0.3 is 0 Å². The highest BCUT2D eigenvalue weighted by Crippen LogP contribution is 2.30. The van der Waals surface area contributed by atoms with Crippen LogP contribution in [-0.2, 0) is 4.79 Å². The number of carbonyl (C=O) groups excluding carboxylic acids is 1. The van der Waals surface area contributed by atoms with Crippen LogP contribution in [0.3, 0.4) is 0 Å². The highest BCUT2D eigenvalue weighted by Gasteiger charge is 2.12. The molecule has 0 saturated carbocycles. The molecule has 0 radical (unpaired) electrons. The minimum Gasteiger partial charge on any atom is -0.489 e. The van der Waals surface area contributed by atoms with Crippen LogP contribution in [0.4, 0.5) is 0 Å². The molecule has 0 unspecified atom stereocenters. The summed E-state index contributed by atoms with van der Waals surface area (Å²) in [5, 5.41) is 2.93. The molecule has 3 nitrogen and oxygen atoms in total. The van der Waals surface area contributed by atoms with Gasteiger partial charge in [0.25, 0.3) is 0 Å². The molecule has 0 aromatic heterocycles. The zero-order valence-electron chi connectivity index (χ0n) is 12.4. The van der Waals surface area contributed by atoms with Gasteiger partial charge in [-0.1, -0.05) is 13.0 Å². The van der Waals surface area contributed by atoms with Crippen molar-refractivity contribution in [1.29, 1.82) is 0 Å². The molecule has 1 aromatic rings. The van der Waals surface area contributed by atoms with Crippen molar-refractivity contribution >= 4 is 23.7 Å². The molecule has 1 aliphatic rings. The van der Waals surface area contributed by atoms with Crippen LogP contribution in [0.15, 0.2) is 41.3 Å². The van der Waals surface area contributed by atoms with E-state index in [0.29, 0.717) is 19.6 Å². The summed E-state index contributed by atoms with van der Waals surface area (Å²) in [6, 6.07) is 6.19. The second-order valence-corrected chi connectivity index (χ2v) is 6.01. The Kier molecular flexibility index (Phi) is 5.93. The molecule has 0 aliphatic carbocycles. The van der Waals surface area contributed by atoms with E-state index in [4.69, 9.17) is 4.74 Å². The lowest BCUT2D eigenvalue weighted by Crippen LogP contribution is -2.27. The average Bonchev–Trinajstić information content (AvgIpc) is 2.50. The maximum atomic E-state index is 11.5. The Morgan fingerprint density at radius 1 is 1.52 bits per heavy atom. The van der Waals surface area contributed by atoms with Crippen LogP contribution in [0, 0.1) is 0 Å². The number of hydrogen-bond acceptors (Lipinski definition) is 3. The highest BCUT2D eigenvalue weighted by atomic mass is 32.2. The number of hydrogen-bond donors (Lipinski definition) is 1. The molecule has 0 spiro atoms. The van der Waals surface area contributed by atoms with Crippen molar-refractivity contribution in [2.45, 2.75) is 24.7 Å². The number of benzene rings is 1. The molecule has 4 heteroatoms. The van der Waals surface area contributed by atoms with Crippen LogP contribution in [0.2, 0.25) is 0 Å². The van der Waals surface area contributed by atoms with E-state index in [1.54, 1.807) is 11.8 Å². The molecule has 1 N–H and O–H groups in total. The van der Waals surface area contributed by atoms with E-state index < -0.39 is 0 Å². The van der Waals surface area contributed by atoms with Crippen molar-refractivity contribution < 1.29 is 9.53 Å². The number of ether oxygens (including phenoxy) is 1. The summed E-state index contributed by atoms with van der Waals surface area (Å²) < 4.78 is 5.74. The summed E-state index contributed by atoms with van der Waals surface area (Å²) in [4.78, 5) is 12.7. The van der Waals surface area contributed by atoms with Crippen LogP contribution < -0.4 is 10.1 Å². The third-order valence-electron chi connectivity index (χ3n) is 3.11. The zero-order valence-corrected chi connectivity index (χ0v) is 13.2. The predicted octanol–water partition coefficient (Wildman–Crippen LogP) is 3.66. The van der Waals surface area contributed by atoms with Gasteiger partial charge in [-0.2, -0.15) is 0 Å². The topological polar surface area (TPSA) is 38.3 Å². The van der Waals surface area contributed by atoms with E-state index in [1.807, 2.05) is 19.1 Å². The highest BCUT2D eigenvalue weighted by molar-refractivity contribution is 7.99. The van der Waals surface area contributed by atoms with Gasteiger partial charge in [0, 0.05) is 29.2 Å². The lowest BCUT2D eigenvalue weighted by Gasteiger charge is -2.19. The Labute approximate surface area is 130 Å². The molecular formula is C17H21NO2S. The monoisotopic (exact) mass is 303 g/mol. The van der Waals surface area contributed by atoms with Crippen molar-refractivity contribution in [2.75, 3.05) is 18.9 Å². The Bertz CT molecular complexity index is 552. The van der Waals surface area contributed by atoms with E-state index >= 15 is 0 Å². The SMILES string of the molecule is C=CCSc1ccc2c(c1)C=C(CNC(=O)CCC)CO2. The number of fused-ring (bicyclic) bond motifs is 1. The third-order valence-corrected chi connectivity index (χ3v) is 4.10. The molecule has 1 aliphatic heterocycles. The number of amides is 1. The van der Waals surface area contributed by atoms with Gasteiger partial charge in [-0.15, -0.1) is 18.3 Å². The van der Waals surface area contributed by atoms with E-state index in [1.165, 1.54) is 4.90 Å². The molecule has 0 atom stereocenters. The molecule has 1 heterocycles. The molecule has 0 bridgehead atoms. The molecule has 21 heavy (non-hydrogen) atoms. The van der Waals surface area contributed by atoms with Crippen molar-refractivity contribution in [3.8, 4) is 5.75 Å². The summed E-state index contributed by atoms with van der Waals surface area (Å²) in [6.07, 6.45) is 5.45. The number of rotatable bonds is 7. The summed E-state index contributed by atoms with van der Waals surface area (Å²) in [6.45, 7) is 6.83. The quantitative estimate of drug-likeness (QED) is 0.617. The molecular weight excluding hydrogens is 282 g/mol. The number of thioether (sulfide) groups is 1. The van der Waals surface area contributed by atoms with Crippen molar-refractivity contribution in [3.63, 3.8) is 0 Å². The fraction of sp³-hybridized carbons (Fsp3) is 0.353. The first-order valence-electron chi connectivity index (χ1n) is 7.19. The lowest BCUT2D eigenvalue weighted by molar-refractivity contribution is -0.120. The first-order chi connectivity index (χ1) is 10.2.